The van der Waals surface area contributed by atoms with Crippen molar-refractivity contribution in [2.45, 2.75) is 0 Å². The molecule has 0 radical (unpaired) electrons. The Morgan fingerprint density at radius 2 is 1.81 bits per heavy atom. The van der Waals surface area contributed by atoms with Crippen LogP contribution < -0.4 is 5.32 Å². The molecular weight excluding hydrogens is 395 g/mol. The lowest BCUT2D eigenvalue weighted by atomic mass is 10.2. The van der Waals surface area contributed by atoms with E-state index in [0.717, 1.165) is 16.7 Å². The first kappa shape index (κ1) is 18.5. The van der Waals surface area contributed by atoms with Crippen molar-refractivity contribution in [2.24, 2.45) is 0 Å². The second kappa shape index (κ2) is 7.95. The van der Waals surface area contributed by atoms with Crippen LogP contribution in [0.4, 0.5) is 10.5 Å². The van der Waals surface area contributed by atoms with Crippen molar-refractivity contribution in [3.8, 4) is 0 Å². The van der Waals surface area contributed by atoms with Crippen LogP contribution in [0.5, 0.6) is 0 Å². The fraction of sp³-hybridized carbons (Fsp3) is 0.0556. The predicted octanol–water partition coefficient (Wildman–Crippen LogP) is 4.67. The standard InChI is InChI=1S/C18H12Cl2N2O3S/c19-13-8-4-5-11(16(13)20)9-14-17(24)22(18(25)26-14)10-15(23)21-12-6-2-1-3-7-12/h1-9H,10H2,(H,21,23)/b14-9+. The molecule has 26 heavy (non-hydrogen) atoms. The molecule has 1 N–H and O–H groups in total. The maximum atomic E-state index is 12.5. The smallest absolute Gasteiger partial charge is 0.294 e. The average molecular weight is 407 g/mol. The third-order valence-electron chi connectivity index (χ3n) is 3.50. The van der Waals surface area contributed by atoms with Crippen LogP contribution in [0.25, 0.3) is 6.08 Å². The number of amides is 3. The monoisotopic (exact) mass is 406 g/mol. The highest BCUT2D eigenvalue weighted by Crippen LogP contribution is 2.34. The van der Waals surface area contributed by atoms with Gasteiger partial charge in [-0.3, -0.25) is 19.3 Å². The van der Waals surface area contributed by atoms with Crippen LogP contribution in [-0.2, 0) is 9.59 Å². The molecule has 0 unspecified atom stereocenters. The maximum Gasteiger partial charge on any atom is 0.294 e. The van der Waals surface area contributed by atoms with E-state index in [1.54, 1.807) is 42.5 Å². The lowest BCUT2D eigenvalue weighted by molar-refractivity contribution is -0.127. The first-order chi connectivity index (χ1) is 12.5. The summed E-state index contributed by atoms with van der Waals surface area (Å²) >= 11 is 12.8. The van der Waals surface area contributed by atoms with Gasteiger partial charge >= 0.3 is 0 Å². The highest BCUT2D eigenvalue weighted by atomic mass is 35.5. The molecule has 2 aromatic carbocycles. The number of carbonyl (C=O) groups is 3. The maximum absolute atomic E-state index is 12.5. The molecule has 132 valence electrons. The fourth-order valence-electron chi connectivity index (χ4n) is 2.28. The SMILES string of the molecule is O=C(CN1C(=O)S/C(=C/c2cccc(Cl)c2Cl)C1=O)Nc1ccccc1. The largest absolute Gasteiger partial charge is 0.325 e. The number of imide groups is 1. The van der Waals surface area contributed by atoms with Gasteiger partial charge in [-0.15, -0.1) is 0 Å². The molecule has 0 bridgehead atoms. The van der Waals surface area contributed by atoms with Gasteiger partial charge < -0.3 is 5.32 Å². The van der Waals surface area contributed by atoms with Crippen molar-refractivity contribution in [1.82, 2.24) is 4.90 Å². The molecule has 0 atom stereocenters. The topological polar surface area (TPSA) is 66.5 Å². The lowest BCUT2D eigenvalue weighted by Crippen LogP contribution is -2.36. The highest BCUT2D eigenvalue weighted by Gasteiger charge is 2.36. The third-order valence-corrected chi connectivity index (χ3v) is 5.24. The second-order valence-corrected chi connectivity index (χ2v) is 7.10. The molecule has 0 spiro atoms. The van der Waals surface area contributed by atoms with E-state index < -0.39 is 17.1 Å². The van der Waals surface area contributed by atoms with Crippen LogP contribution in [0.15, 0.2) is 53.4 Å². The number of nitrogens with one attached hydrogen (secondary N) is 1. The summed E-state index contributed by atoms with van der Waals surface area (Å²) in [7, 11) is 0. The van der Waals surface area contributed by atoms with Crippen molar-refractivity contribution in [3.05, 3.63) is 69.0 Å². The van der Waals surface area contributed by atoms with E-state index in [4.69, 9.17) is 23.2 Å². The number of benzene rings is 2. The molecule has 1 aliphatic rings. The Bertz CT molecular complexity index is 916. The number of hydrogen-bond acceptors (Lipinski definition) is 4. The van der Waals surface area contributed by atoms with E-state index in [1.807, 2.05) is 6.07 Å². The van der Waals surface area contributed by atoms with E-state index in [1.165, 1.54) is 6.08 Å². The van der Waals surface area contributed by atoms with Crippen LogP contribution in [-0.4, -0.2) is 28.5 Å². The molecule has 3 amide bonds. The van der Waals surface area contributed by atoms with Gasteiger partial charge in [0.05, 0.1) is 15.0 Å². The van der Waals surface area contributed by atoms with Crippen molar-refractivity contribution in [1.29, 1.82) is 0 Å². The van der Waals surface area contributed by atoms with Gasteiger partial charge in [0.25, 0.3) is 11.1 Å². The lowest BCUT2D eigenvalue weighted by Gasteiger charge is -2.12. The van der Waals surface area contributed by atoms with Gasteiger partial charge in [0.2, 0.25) is 5.91 Å². The molecule has 1 fully saturated rings. The Balaban J connectivity index is 1.73. The summed E-state index contributed by atoms with van der Waals surface area (Å²) in [5.74, 6) is -1.00. The number of halogens is 2. The molecule has 5 nitrogen and oxygen atoms in total. The molecule has 1 heterocycles. The summed E-state index contributed by atoms with van der Waals surface area (Å²) in [6.45, 7) is -0.361. The van der Waals surface area contributed by atoms with E-state index >= 15 is 0 Å². The van der Waals surface area contributed by atoms with Crippen molar-refractivity contribution in [3.63, 3.8) is 0 Å². The van der Waals surface area contributed by atoms with Gasteiger partial charge in [-0.2, -0.15) is 0 Å². The quantitative estimate of drug-likeness (QED) is 0.749. The molecule has 0 aromatic heterocycles. The van der Waals surface area contributed by atoms with Gasteiger partial charge in [0.15, 0.2) is 0 Å². The van der Waals surface area contributed by atoms with Gasteiger partial charge in [0, 0.05) is 5.69 Å². The Morgan fingerprint density at radius 1 is 1.08 bits per heavy atom. The number of para-hydroxylation sites is 1. The van der Waals surface area contributed by atoms with Crippen LogP contribution >= 0.6 is 35.0 Å². The van der Waals surface area contributed by atoms with Crippen LogP contribution in [0.1, 0.15) is 5.56 Å². The summed E-state index contributed by atoms with van der Waals surface area (Å²) in [5.41, 5.74) is 1.11. The molecular formula is C18H12Cl2N2O3S. The van der Waals surface area contributed by atoms with Gasteiger partial charge in [-0.05, 0) is 41.6 Å². The fourth-order valence-corrected chi connectivity index (χ4v) is 3.47. The summed E-state index contributed by atoms with van der Waals surface area (Å²) < 4.78 is 0. The zero-order valence-electron chi connectivity index (χ0n) is 13.2. The molecule has 3 rings (SSSR count). The second-order valence-electron chi connectivity index (χ2n) is 5.33. The molecule has 1 aliphatic heterocycles. The zero-order valence-corrected chi connectivity index (χ0v) is 15.6. The van der Waals surface area contributed by atoms with Crippen molar-refractivity contribution in [2.75, 3.05) is 11.9 Å². The summed E-state index contributed by atoms with van der Waals surface area (Å²) in [5, 5.41) is 2.77. The molecule has 0 aliphatic carbocycles. The van der Waals surface area contributed by atoms with Crippen LogP contribution in [0.3, 0.4) is 0 Å². The zero-order chi connectivity index (χ0) is 18.7. The van der Waals surface area contributed by atoms with Gasteiger partial charge in [-0.1, -0.05) is 53.5 Å². The summed E-state index contributed by atoms with van der Waals surface area (Å²) in [4.78, 5) is 37.8. The molecule has 8 heteroatoms. The normalized spacial score (nSPS) is 15.6. The minimum absolute atomic E-state index is 0.187. The first-order valence-electron chi connectivity index (χ1n) is 7.50. The van der Waals surface area contributed by atoms with Gasteiger partial charge in [0.1, 0.15) is 6.54 Å². The third kappa shape index (κ3) is 4.09. The number of carbonyl (C=O) groups excluding carboxylic acids is 3. The van der Waals surface area contributed by atoms with Crippen LogP contribution in [0, 0.1) is 0 Å². The average Bonchev–Trinajstić information content (AvgIpc) is 2.87. The number of hydrogen-bond donors (Lipinski definition) is 1. The first-order valence-corrected chi connectivity index (χ1v) is 9.07. The summed E-state index contributed by atoms with van der Waals surface area (Å²) in [6.07, 6.45) is 1.49. The molecule has 0 saturated carbocycles. The Labute approximate surface area is 164 Å². The molecule has 1 saturated heterocycles. The molecule has 2 aromatic rings. The number of nitrogens with zero attached hydrogens (tertiary/aromatic N) is 1. The van der Waals surface area contributed by atoms with E-state index in [0.29, 0.717) is 21.3 Å². The van der Waals surface area contributed by atoms with Crippen molar-refractivity contribution >= 4 is 63.8 Å². The number of thioether (sulfide) groups is 1. The Hall–Kier alpha value is -2.28. The van der Waals surface area contributed by atoms with E-state index in [2.05, 4.69) is 5.32 Å². The Kier molecular flexibility index (Phi) is 5.66. The van der Waals surface area contributed by atoms with E-state index in [9.17, 15) is 14.4 Å². The summed E-state index contributed by atoms with van der Waals surface area (Å²) in [6, 6.07) is 13.8. The highest BCUT2D eigenvalue weighted by molar-refractivity contribution is 8.18. The number of anilines is 1. The van der Waals surface area contributed by atoms with Crippen LogP contribution in [0.2, 0.25) is 10.0 Å². The van der Waals surface area contributed by atoms with Gasteiger partial charge in [-0.25, -0.2) is 0 Å². The van der Waals surface area contributed by atoms with E-state index in [-0.39, 0.29) is 11.4 Å². The minimum atomic E-state index is -0.542. The Morgan fingerprint density at radius 3 is 2.54 bits per heavy atom. The van der Waals surface area contributed by atoms with Crippen molar-refractivity contribution < 1.29 is 14.4 Å². The predicted molar refractivity (Wildman–Crippen MR) is 104 cm³/mol. The minimum Gasteiger partial charge on any atom is -0.325 e. The number of rotatable bonds is 4.